The number of methoxy groups -OCH3 is 1. The van der Waals surface area contributed by atoms with E-state index in [2.05, 4.69) is 101 Å². The summed E-state index contributed by atoms with van der Waals surface area (Å²) < 4.78 is 21.4. The van der Waals surface area contributed by atoms with Gasteiger partial charge in [-0.15, -0.1) is 0 Å². The average molecular weight is 1030 g/mol. The predicted molar refractivity (Wildman–Crippen MR) is 281 cm³/mol. The van der Waals surface area contributed by atoms with Crippen LogP contribution in [0, 0.1) is 13.8 Å². The number of nitrogens with one attached hydrogen (secondary N) is 4. The van der Waals surface area contributed by atoms with Crippen LogP contribution in [0.2, 0.25) is 0 Å². The van der Waals surface area contributed by atoms with Crippen LogP contribution in [0.25, 0.3) is 38.8 Å². The number of benzene rings is 3. The summed E-state index contributed by atoms with van der Waals surface area (Å²) in [4.78, 5) is 59.8. The van der Waals surface area contributed by atoms with Crippen molar-refractivity contribution in [1.29, 1.82) is 0 Å². The lowest BCUT2D eigenvalue weighted by Gasteiger charge is -2.30. The molecule has 20 nitrogen and oxygen atoms in total. The molecule has 0 aliphatic heterocycles. The number of hydrogen-bond donors (Lipinski definition) is 4. The van der Waals surface area contributed by atoms with Gasteiger partial charge in [0.2, 0.25) is 17.8 Å². The molecule has 5 aromatic heterocycles. The molecule has 0 saturated carbocycles. The number of para-hydroxylation sites is 1. The third-order valence-electron chi connectivity index (χ3n) is 11.8. The molecule has 1 amide bonds. The fraction of sp³-hybridized carbons (Fsp3) is 0.320. The van der Waals surface area contributed by atoms with Crippen LogP contribution in [-0.2, 0) is 27.9 Å². The molecule has 0 aliphatic rings. The lowest BCUT2D eigenvalue weighted by Crippen LogP contribution is -2.41. The van der Waals surface area contributed by atoms with Gasteiger partial charge in [-0.05, 0) is 99.2 Å². The summed E-state index contributed by atoms with van der Waals surface area (Å²) in [5, 5.41) is 15.1. The van der Waals surface area contributed by atoms with Crippen LogP contribution < -0.4 is 30.5 Å². The van der Waals surface area contributed by atoms with Crippen LogP contribution in [0.1, 0.15) is 30.8 Å². The van der Waals surface area contributed by atoms with Crippen molar-refractivity contribution in [2.24, 2.45) is 7.05 Å². The van der Waals surface area contributed by atoms with E-state index in [0.717, 1.165) is 45.6 Å². The molecule has 370 valence electrons. The van der Waals surface area contributed by atoms with Crippen LogP contribution in [0.5, 0.6) is 5.75 Å². The number of aromatic amines is 1. The number of ether oxygens (including phenoxy) is 3. The Kier molecular flexibility index (Phi) is 14.4. The van der Waals surface area contributed by atoms with Crippen LogP contribution in [-0.4, -0.2) is 128 Å². The molecule has 3 aromatic carbocycles. The van der Waals surface area contributed by atoms with Crippen molar-refractivity contribution < 1.29 is 23.8 Å². The molecular formula is C50H58BrN15O5. The number of imidazole rings is 1. The zero-order valence-corrected chi connectivity index (χ0v) is 43.1. The molecule has 0 saturated heterocycles. The largest absolute Gasteiger partial charge is 0.509 e. The molecule has 8 aromatic rings. The Morgan fingerprint density at radius 1 is 0.944 bits per heavy atom. The van der Waals surface area contributed by atoms with Gasteiger partial charge < -0.3 is 54.4 Å². The maximum Gasteiger partial charge on any atom is 0.509 e. The highest BCUT2D eigenvalue weighted by atomic mass is 79.9. The van der Waals surface area contributed by atoms with E-state index in [4.69, 9.17) is 34.1 Å². The summed E-state index contributed by atoms with van der Waals surface area (Å²) >= 11 is 3.55. The van der Waals surface area contributed by atoms with Crippen molar-refractivity contribution in [3.63, 3.8) is 0 Å². The molecule has 0 aliphatic carbocycles. The smallest absolute Gasteiger partial charge is 0.494 e. The van der Waals surface area contributed by atoms with Gasteiger partial charge in [0.15, 0.2) is 5.65 Å². The number of nitrogens with zero attached hydrogens (tertiary/aromatic N) is 11. The van der Waals surface area contributed by atoms with E-state index in [1.807, 2.05) is 63.6 Å². The second kappa shape index (κ2) is 20.7. The number of likely N-dealkylation sites (N-methyl/N-ethyl adjacent to an activating group) is 3. The molecule has 5 heterocycles. The molecule has 0 atom stereocenters. The van der Waals surface area contributed by atoms with E-state index in [1.54, 1.807) is 55.9 Å². The Labute approximate surface area is 419 Å². The van der Waals surface area contributed by atoms with E-state index in [0.29, 0.717) is 63.9 Å². The van der Waals surface area contributed by atoms with E-state index < -0.39 is 24.3 Å². The van der Waals surface area contributed by atoms with Crippen molar-refractivity contribution >= 4 is 90.5 Å². The molecule has 0 bridgehead atoms. The second-order valence-corrected chi connectivity index (χ2v) is 19.1. The minimum atomic E-state index is -1.10. The Bertz CT molecular complexity index is 3250. The van der Waals surface area contributed by atoms with Crippen molar-refractivity contribution in [2.75, 3.05) is 87.3 Å². The minimum Gasteiger partial charge on any atom is -0.494 e. The van der Waals surface area contributed by atoms with Crippen LogP contribution in [0.4, 0.5) is 39.7 Å². The third kappa shape index (κ3) is 11.3. The first-order chi connectivity index (χ1) is 33.9. The van der Waals surface area contributed by atoms with Crippen molar-refractivity contribution in [2.45, 2.75) is 39.8 Å². The van der Waals surface area contributed by atoms with Crippen molar-refractivity contribution in [3.8, 4) is 17.0 Å². The number of fused-ring (bicyclic) bond motifs is 3. The number of H-pyrrole nitrogens is 1. The Balaban J connectivity index is 0.922. The Hall–Kier alpha value is -7.78. The summed E-state index contributed by atoms with van der Waals surface area (Å²) in [5.41, 5.74) is 7.98. The molecular weight excluding hydrogens is 971 g/mol. The highest BCUT2D eigenvalue weighted by Gasteiger charge is 2.29. The zero-order chi connectivity index (χ0) is 50.7. The molecule has 21 heteroatoms. The van der Waals surface area contributed by atoms with E-state index in [9.17, 15) is 9.59 Å². The number of amides is 1. The van der Waals surface area contributed by atoms with Gasteiger partial charge in [0.05, 0.1) is 64.7 Å². The second-order valence-electron chi connectivity index (χ2n) is 18.2. The minimum absolute atomic E-state index is 0.0174. The van der Waals surface area contributed by atoms with Gasteiger partial charge in [-0.25, -0.2) is 19.7 Å². The van der Waals surface area contributed by atoms with Gasteiger partial charge in [-0.2, -0.15) is 19.6 Å². The monoisotopic (exact) mass is 1030 g/mol. The van der Waals surface area contributed by atoms with Crippen LogP contribution in [0.3, 0.4) is 0 Å². The molecule has 0 unspecified atom stereocenters. The number of hydrogen-bond acceptors (Lipinski definition) is 16. The topological polar surface area (TPSA) is 210 Å². The summed E-state index contributed by atoms with van der Waals surface area (Å²) in [7, 11) is 11.3. The first kappa shape index (κ1) is 49.6. The summed E-state index contributed by atoms with van der Waals surface area (Å²) in [6.07, 6.45) is 4.38. The first-order valence-corrected chi connectivity index (χ1v) is 23.5. The lowest BCUT2D eigenvalue weighted by atomic mass is 10.1. The zero-order valence-electron chi connectivity index (χ0n) is 41.5. The molecule has 71 heavy (non-hydrogen) atoms. The molecule has 0 radical (unpaired) electrons. The quantitative estimate of drug-likeness (QED) is 0.0444. The lowest BCUT2D eigenvalue weighted by molar-refractivity contribution is -0.113. The normalized spacial score (nSPS) is 11.6. The Morgan fingerprint density at radius 2 is 1.72 bits per heavy atom. The number of aromatic nitrogens is 9. The highest BCUT2D eigenvalue weighted by molar-refractivity contribution is 9.10. The highest BCUT2D eigenvalue weighted by Crippen LogP contribution is 2.39. The van der Waals surface area contributed by atoms with E-state index in [-0.39, 0.29) is 12.1 Å². The summed E-state index contributed by atoms with van der Waals surface area (Å²) in [5.74, 6) is 1.75. The number of aryl methyl sites for hydroxylation is 3. The average Bonchev–Trinajstić information content (AvgIpc) is 4.02. The molecule has 0 spiro atoms. The van der Waals surface area contributed by atoms with Crippen molar-refractivity contribution in [3.05, 3.63) is 107 Å². The van der Waals surface area contributed by atoms with Gasteiger partial charge in [0, 0.05) is 74.7 Å². The predicted octanol–water partition coefficient (Wildman–Crippen LogP) is 8.25. The number of halogens is 1. The fourth-order valence-electron chi connectivity index (χ4n) is 8.00. The van der Waals surface area contributed by atoms with Crippen molar-refractivity contribution in [1.82, 2.24) is 49.0 Å². The van der Waals surface area contributed by atoms with Gasteiger partial charge in [0.25, 0.3) is 5.91 Å². The van der Waals surface area contributed by atoms with E-state index >= 15 is 0 Å². The van der Waals surface area contributed by atoms with Gasteiger partial charge in [0.1, 0.15) is 23.8 Å². The van der Waals surface area contributed by atoms with Crippen LogP contribution >= 0.6 is 15.9 Å². The maximum absolute atomic E-state index is 13.8. The summed E-state index contributed by atoms with van der Waals surface area (Å²) in [6, 6.07) is 17.7. The van der Waals surface area contributed by atoms with Gasteiger partial charge in [-0.3, -0.25) is 4.79 Å². The molecule has 4 N–H and O–H groups in total. The van der Waals surface area contributed by atoms with E-state index in [1.165, 1.54) is 11.1 Å². The number of carbonyl (C=O) groups excluding carboxylic acids is 2. The number of rotatable bonds is 19. The molecule has 8 rings (SSSR count). The SMILES string of the molecule is C=C(COC(=O)OC(C)(C)CN(C)c1nc(NCc2nc3cc(C)c(C)cc3[nH]2)n2ncc(Br)c2n1)C(=O)Nc1cc(Nc2nccc(-c3cn(C)c4ccccc34)n2)c(OC)cc1N(C)CCN(C)C. The fourth-order valence-corrected chi connectivity index (χ4v) is 8.35. The third-order valence-corrected chi connectivity index (χ3v) is 12.4. The van der Waals surface area contributed by atoms with Gasteiger partial charge in [-0.1, -0.05) is 24.8 Å². The number of carbonyl (C=O) groups is 2. The maximum atomic E-state index is 13.8. The molecule has 0 fully saturated rings. The summed E-state index contributed by atoms with van der Waals surface area (Å²) in [6.45, 7) is 13.0. The van der Waals surface area contributed by atoms with Gasteiger partial charge >= 0.3 is 6.16 Å². The van der Waals surface area contributed by atoms with Crippen LogP contribution in [0.15, 0.2) is 89.8 Å². The Morgan fingerprint density at radius 3 is 2.49 bits per heavy atom. The first-order valence-electron chi connectivity index (χ1n) is 22.8. The standard InChI is InChI=1S/C50H58BrN15O5/c1-29-20-36-37(21-30(29)2)56-43(55-36)25-53-47-61-48(60-44-34(51)24-54-66(44)47)65(10)28-50(4,5)71-49(68)70-27-31(3)45(67)57-38-22-39(42(69-11)23-41(38)63(8)19-18-62(6)7)59-46-52-17-16-35(58-46)33-26-64(9)40-15-13-12-14-32(33)40/h12-17,20-24,26H,3,18-19,25,27-28H2,1-2,4-11H3,(H,55,56)(H,57,67)(H,52,58,59)(H,53,60,61). The number of anilines is 6.